The number of nitrogens with one attached hydrogen (secondary N) is 1. The van der Waals surface area contributed by atoms with Gasteiger partial charge in [-0.05, 0) is 62.1 Å². The summed E-state index contributed by atoms with van der Waals surface area (Å²) in [6.07, 6.45) is 6.68. The molecule has 3 heteroatoms. The molecule has 0 radical (unpaired) electrons. The first-order valence-electron chi connectivity index (χ1n) is 7.86. The SMILES string of the molecule is CCNC(CC1CC2CCC1C2)c1c(F)cccc1Br. The first-order chi connectivity index (χ1) is 9.69. The lowest BCUT2D eigenvalue weighted by Crippen LogP contribution is -2.26. The van der Waals surface area contributed by atoms with E-state index >= 15 is 0 Å². The quantitative estimate of drug-likeness (QED) is 0.789. The van der Waals surface area contributed by atoms with Crippen LogP contribution in [0, 0.1) is 23.6 Å². The van der Waals surface area contributed by atoms with Crippen molar-refractivity contribution in [1.29, 1.82) is 0 Å². The summed E-state index contributed by atoms with van der Waals surface area (Å²) in [6, 6.07) is 5.43. The molecule has 4 unspecified atom stereocenters. The molecule has 0 saturated heterocycles. The van der Waals surface area contributed by atoms with E-state index in [9.17, 15) is 4.39 Å². The van der Waals surface area contributed by atoms with Crippen molar-refractivity contribution in [1.82, 2.24) is 5.32 Å². The lowest BCUT2D eigenvalue weighted by atomic mass is 9.82. The van der Waals surface area contributed by atoms with Gasteiger partial charge in [0.2, 0.25) is 0 Å². The molecule has 1 aromatic rings. The predicted octanol–water partition coefficient (Wildman–Crippen LogP) is 5.07. The molecule has 1 aromatic carbocycles. The van der Waals surface area contributed by atoms with E-state index in [1.807, 2.05) is 6.07 Å². The van der Waals surface area contributed by atoms with Crippen LogP contribution in [-0.4, -0.2) is 6.54 Å². The highest BCUT2D eigenvalue weighted by atomic mass is 79.9. The molecule has 2 saturated carbocycles. The Balaban J connectivity index is 1.78. The van der Waals surface area contributed by atoms with E-state index in [2.05, 4.69) is 28.2 Å². The fraction of sp³-hybridized carbons (Fsp3) is 0.647. The summed E-state index contributed by atoms with van der Waals surface area (Å²) in [4.78, 5) is 0. The maximum Gasteiger partial charge on any atom is 0.129 e. The van der Waals surface area contributed by atoms with E-state index in [0.717, 1.165) is 40.8 Å². The third-order valence-corrected chi connectivity index (χ3v) is 5.91. The highest BCUT2D eigenvalue weighted by Crippen LogP contribution is 2.51. The Morgan fingerprint density at radius 1 is 1.35 bits per heavy atom. The maximum atomic E-state index is 14.2. The van der Waals surface area contributed by atoms with E-state index in [1.165, 1.54) is 25.7 Å². The van der Waals surface area contributed by atoms with E-state index in [-0.39, 0.29) is 11.9 Å². The van der Waals surface area contributed by atoms with Crippen molar-refractivity contribution >= 4 is 15.9 Å². The van der Waals surface area contributed by atoms with Crippen molar-refractivity contribution in [3.8, 4) is 0 Å². The van der Waals surface area contributed by atoms with Crippen LogP contribution in [0.4, 0.5) is 4.39 Å². The third kappa shape index (κ3) is 2.80. The molecule has 2 fully saturated rings. The molecule has 2 aliphatic carbocycles. The first-order valence-corrected chi connectivity index (χ1v) is 8.65. The Morgan fingerprint density at radius 2 is 2.20 bits per heavy atom. The second-order valence-electron chi connectivity index (χ2n) is 6.42. The summed E-state index contributed by atoms with van der Waals surface area (Å²) in [5.41, 5.74) is 0.817. The zero-order valence-corrected chi connectivity index (χ0v) is 13.6. The molecular formula is C17H23BrFN. The minimum absolute atomic E-state index is 0.0894. The van der Waals surface area contributed by atoms with Gasteiger partial charge in [-0.15, -0.1) is 0 Å². The van der Waals surface area contributed by atoms with Crippen LogP contribution < -0.4 is 5.32 Å². The van der Waals surface area contributed by atoms with Gasteiger partial charge in [0.1, 0.15) is 5.82 Å². The van der Waals surface area contributed by atoms with E-state index < -0.39 is 0 Å². The molecule has 2 bridgehead atoms. The van der Waals surface area contributed by atoms with Crippen molar-refractivity contribution in [2.45, 2.75) is 45.1 Å². The highest BCUT2D eigenvalue weighted by molar-refractivity contribution is 9.10. The number of hydrogen-bond acceptors (Lipinski definition) is 1. The van der Waals surface area contributed by atoms with Crippen molar-refractivity contribution in [3.63, 3.8) is 0 Å². The van der Waals surface area contributed by atoms with E-state index in [4.69, 9.17) is 0 Å². The van der Waals surface area contributed by atoms with Crippen LogP contribution in [0.25, 0.3) is 0 Å². The minimum Gasteiger partial charge on any atom is -0.310 e. The largest absolute Gasteiger partial charge is 0.310 e. The number of rotatable bonds is 5. The predicted molar refractivity (Wildman–Crippen MR) is 84.1 cm³/mol. The van der Waals surface area contributed by atoms with Crippen molar-refractivity contribution in [2.75, 3.05) is 6.54 Å². The number of hydrogen-bond donors (Lipinski definition) is 1. The van der Waals surface area contributed by atoms with Crippen LogP contribution in [0.3, 0.4) is 0 Å². The average molecular weight is 340 g/mol. The number of fused-ring (bicyclic) bond motifs is 2. The van der Waals surface area contributed by atoms with E-state index in [1.54, 1.807) is 12.1 Å². The third-order valence-electron chi connectivity index (χ3n) is 5.22. The van der Waals surface area contributed by atoms with Crippen LogP contribution in [0.5, 0.6) is 0 Å². The molecule has 0 spiro atoms. The molecular weight excluding hydrogens is 317 g/mol. The van der Waals surface area contributed by atoms with Crippen LogP contribution in [0.1, 0.15) is 50.6 Å². The van der Waals surface area contributed by atoms with Gasteiger partial charge in [-0.2, -0.15) is 0 Å². The van der Waals surface area contributed by atoms with Gasteiger partial charge in [0.05, 0.1) is 0 Å². The summed E-state index contributed by atoms with van der Waals surface area (Å²) in [5.74, 6) is 2.54. The van der Waals surface area contributed by atoms with Gasteiger partial charge in [-0.3, -0.25) is 0 Å². The summed E-state index contributed by atoms with van der Waals surface area (Å²) >= 11 is 3.53. The molecule has 110 valence electrons. The van der Waals surface area contributed by atoms with Gasteiger partial charge in [-0.25, -0.2) is 4.39 Å². The van der Waals surface area contributed by atoms with Crippen LogP contribution >= 0.6 is 15.9 Å². The Hall–Kier alpha value is -0.410. The smallest absolute Gasteiger partial charge is 0.129 e. The molecule has 0 heterocycles. The minimum atomic E-state index is -0.0894. The molecule has 4 atom stereocenters. The molecule has 1 N–H and O–H groups in total. The molecule has 20 heavy (non-hydrogen) atoms. The van der Waals surface area contributed by atoms with Gasteiger partial charge >= 0.3 is 0 Å². The van der Waals surface area contributed by atoms with Crippen molar-refractivity contribution < 1.29 is 4.39 Å². The molecule has 2 aliphatic rings. The summed E-state index contributed by atoms with van der Waals surface area (Å²) in [7, 11) is 0. The van der Waals surface area contributed by atoms with Crippen molar-refractivity contribution in [3.05, 3.63) is 34.1 Å². The Kier molecular flexibility index (Phi) is 4.46. The van der Waals surface area contributed by atoms with Gasteiger partial charge in [0, 0.05) is 16.1 Å². The monoisotopic (exact) mass is 339 g/mol. The van der Waals surface area contributed by atoms with Crippen LogP contribution in [0.15, 0.2) is 22.7 Å². The molecule has 0 aliphatic heterocycles. The number of benzene rings is 1. The second kappa shape index (κ2) is 6.15. The average Bonchev–Trinajstić information content (AvgIpc) is 3.01. The lowest BCUT2D eigenvalue weighted by Gasteiger charge is -2.28. The normalized spacial score (nSPS) is 29.9. The van der Waals surface area contributed by atoms with Gasteiger partial charge in [-0.1, -0.05) is 35.3 Å². The fourth-order valence-corrected chi connectivity index (χ4v) is 4.98. The van der Waals surface area contributed by atoms with Gasteiger partial charge in [0.25, 0.3) is 0 Å². The van der Waals surface area contributed by atoms with E-state index in [0.29, 0.717) is 0 Å². The Bertz CT molecular complexity index is 456. The van der Waals surface area contributed by atoms with Crippen LogP contribution in [-0.2, 0) is 0 Å². The standard InChI is InChI=1S/C17H23BrFN/c1-2-20-16(17-14(18)4-3-5-15(17)19)10-13-9-11-6-7-12(13)8-11/h3-5,11-13,16,20H,2,6-10H2,1H3. The fourth-order valence-electron chi connectivity index (χ4n) is 4.36. The van der Waals surface area contributed by atoms with Gasteiger partial charge in [0.15, 0.2) is 0 Å². The Morgan fingerprint density at radius 3 is 2.80 bits per heavy atom. The van der Waals surface area contributed by atoms with Crippen LogP contribution in [0.2, 0.25) is 0 Å². The summed E-state index contributed by atoms with van der Waals surface area (Å²) in [5, 5.41) is 3.50. The zero-order chi connectivity index (χ0) is 14.1. The zero-order valence-electron chi connectivity index (χ0n) is 12.0. The topological polar surface area (TPSA) is 12.0 Å². The highest BCUT2D eigenvalue weighted by Gasteiger charge is 2.40. The second-order valence-corrected chi connectivity index (χ2v) is 7.27. The van der Waals surface area contributed by atoms with Gasteiger partial charge < -0.3 is 5.32 Å². The summed E-state index contributed by atoms with van der Waals surface area (Å²) in [6.45, 7) is 2.98. The maximum absolute atomic E-state index is 14.2. The first kappa shape index (κ1) is 14.5. The molecule has 0 amide bonds. The molecule has 3 rings (SSSR count). The molecule has 0 aromatic heterocycles. The summed E-state index contributed by atoms with van der Waals surface area (Å²) < 4.78 is 15.1. The lowest BCUT2D eigenvalue weighted by molar-refractivity contribution is 0.277. The Labute approximate surface area is 129 Å². The molecule has 1 nitrogen and oxygen atoms in total. The van der Waals surface area contributed by atoms with Crippen molar-refractivity contribution in [2.24, 2.45) is 17.8 Å². The number of halogens is 2.